The molecule has 0 aromatic rings. The summed E-state index contributed by atoms with van der Waals surface area (Å²) in [6.07, 6.45) is 5.39. The summed E-state index contributed by atoms with van der Waals surface area (Å²) in [5.74, 6) is -0.405. The number of aliphatic hydroxyl groups is 2. The number of hydrogen-bond donors (Lipinski definition) is 2. The van der Waals surface area contributed by atoms with Crippen molar-refractivity contribution >= 4 is 5.97 Å². The topological polar surface area (TPSA) is 76.0 Å². The summed E-state index contributed by atoms with van der Waals surface area (Å²) in [5.41, 5.74) is -0.794. The number of carbonyl (C=O) groups is 1. The van der Waals surface area contributed by atoms with Crippen LogP contribution in [0.4, 0.5) is 0 Å². The zero-order chi connectivity index (χ0) is 17.6. The van der Waals surface area contributed by atoms with Crippen molar-refractivity contribution in [3.8, 4) is 0 Å². The summed E-state index contributed by atoms with van der Waals surface area (Å²) in [6, 6.07) is 0. The lowest BCUT2D eigenvalue weighted by Gasteiger charge is -2.25. The molecule has 0 bridgehead atoms. The molecule has 0 amide bonds. The van der Waals surface area contributed by atoms with Crippen LogP contribution < -0.4 is 0 Å². The largest absolute Gasteiger partial charge is 0.459 e. The highest BCUT2D eigenvalue weighted by molar-refractivity contribution is 5.82. The zero-order valence-electron chi connectivity index (χ0n) is 14.4. The highest BCUT2D eigenvalue weighted by Crippen LogP contribution is 2.22. The van der Waals surface area contributed by atoms with Crippen LogP contribution >= 0.6 is 0 Å². The zero-order valence-corrected chi connectivity index (χ0v) is 14.4. The molecular weight excluding hydrogens is 296 g/mol. The van der Waals surface area contributed by atoms with Crippen LogP contribution in [-0.2, 0) is 14.3 Å². The molecule has 0 saturated heterocycles. The molecular formula is C18H28O5. The van der Waals surface area contributed by atoms with Crippen LogP contribution in [0.25, 0.3) is 0 Å². The maximum Gasteiger partial charge on any atom is 0.330 e. The molecule has 5 atom stereocenters. The normalized spacial score (nSPS) is 40.1. The van der Waals surface area contributed by atoms with Gasteiger partial charge in [0.1, 0.15) is 6.10 Å². The molecule has 0 unspecified atom stereocenters. The highest BCUT2D eigenvalue weighted by Gasteiger charge is 2.23. The van der Waals surface area contributed by atoms with E-state index in [9.17, 15) is 15.0 Å². The number of esters is 1. The second-order valence-electron chi connectivity index (χ2n) is 6.36. The van der Waals surface area contributed by atoms with Gasteiger partial charge in [-0.2, -0.15) is 0 Å². The monoisotopic (exact) mass is 324 g/mol. The van der Waals surface area contributed by atoms with Crippen LogP contribution in [0.3, 0.4) is 0 Å². The summed E-state index contributed by atoms with van der Waals surface area (Å²) < 4.78 is 10.6. The first kappa shape index (κ1) is 19.6. The molecule has 0 aromatic heterocycles. The third-order valence-corrected chi connectivity index (χ3v) is 4.21. The first-order chi connectivity index (χ1) is 10.7. The Balaban J connectivity index is 3.06. The van der Waals surface area contributed by atoms with Gasteiger partial charge in [0, 0.05) is 13.2 Å². The van der Waals surface area contributed by atoms with Crippen molar-refractivity contribution in [1.29, 1.82) is 0 Å². The lowest BCUT2D eigenvalue weighted by atomic mass is 9.93. The van der Waals surface area contributed by atoms with Crippen molar-refractivity contribution < 1.29 is 24.5 Å². The predicted octanol–water partition coefficient (Wildman–Crippen LogP) is 2.14. The number of ether oxygens (including phenoxy) is 2. The smallest absolute Gasteiger partial charge is 0.330 e. The van der Waals surface area contributed by atoms with E-state index in [-0.39, 0.29) is 12.0 Å². The van der Waals surface area contributed by atoms with E-state index in [2.05, 4.69) is 6.58 Å². The van der Waals surface area contributed by atoms with Crippen LogP contribution in [0.2, 0.25) is 0 Å². The highest BCUT2D eigenvalue weighted by atomic mass is 16.5. The fourth-order valence-corrected chi connectivity index (χ4v) is 2.30. The van der Waals surface area contributed by atoms with E-state index < -0.39 is 23.8 Å². The third kappa shape index (κ3) is 6.29. The Labute approximate surface area is 138 Å². The van der Waals surface area contributed by atoms with Gasteiger partial charge in [-0.3, -0.25) is 0 Å². The molecule has 5 heteroatoms. The Morgan fingerprint density at radius 1 is 1.35 bits per heavy atom. The average molecular weight is 324 g/mol. The number of aliphatic hydroxyl groups excluding tert-OH is 1. The first-order valence-electron chi connectivity index (χ1n) is 7.87. The van der Waals surface area contributed by atoms with Crippen molar-refractivity contribution in [1.82, 2.24) is 0 Å². The van der Waals surface area contributed by atoms with E-state index in [1.807, 2.05) is 13.8 Å². The molecule has 0 fully saturated rings. The molecule has 1 heterocycles. The van der Waals surface area contributed by atoms with Crippen molar-refractivity contribution in [3.63, 3.8) is 0 Å². The van der Waals surface area contributed by atoms with E-state index >= 15 is 0 Å². The molecule has 1 aliphatic heterocycles. The molecule has 130 valence electrons. The Bertz CT molecular complexity index is 478. The SMILES string of the molecule is C=C1[C@@H](OC)/C=C\[C@@](C)(O)/C=C\C(=O)O[C@H](C)[C@H](C)CC[C@@H]1O. The molecule has 0 aliphatic carbocycles. The van der Waals surface area contributed by atoms with Gasteiger partial charge in [-0.05, 0) is 44.3 Å². The molecule has 23 heavy (non-hydrogen) atoms. The van der Waals surface area contributed by atoms with Crippen LogP contribution in [0, 0.1) is 5.92 Å². The molecule has 0 radical (unpaired) electrons. The van der Waals surface area contributed by atoms with Crippen LogP contribution in [-0.4, -0.2) is 47.2 Å². The maximum atomic E-state index is 11.8. The van der Waals surface area contributed by atoms with E-state index in [0.717, 1.165) is 0 Å². The van der Waals surface area contributed by atoms with Gasteiger partial charge in [0.2, 0.25) is 0 Å². The molecule has 2 N–H and O–H groups in total. The van der Waals surface area contributed by atoms with E-state index in [1.165, 1.54) is 32.3 Å². The molecule has 1 aliphatic rings. The van der Waals surface area contributed by atoms with Crippen molar-refractivity contribution in [2.75, 3.05) is 7.11 Å². The molecule has 0 saturated carbocycles. The summed E-state index contributed by atoms with van der Waals surface area (Å²) in [6.45, 7) is 9.23. The number of rotatable bonds is 1. The van der Waals surface area contributed by atoms with Gasteiger partial charge in [0.25, 0.3) is 0 Å². The standard InChI is InChI=1S/C18H28O5/c1-12-6-7-15(19)13(2)16(22-5)8-10-18(4,21)11-9-17(20)23-14(12)3/h8-12,14-16,19,21H,2,6-7H2,1,3-5H3/b10-8-,11-9-/t12-,14-,15+,16+,18-/m1/s1. The minimum atomic E-state index is -1.33. The lowest BCUT2D eigenvalue weighted by Crippen LogP contribution is -2.27. The summed E-state index contributed by atoms with van der Waals surface area (Å²) in [7, 11) is 1.52. The number of carbonyl (C=O) groups excluding carboxylic acids is 1. The Kier molecular flexibility index (Phi) is 7.19. The minimum absolute atomic E-state index is 0.0924. The maximum absolute atomic E-state index is 11.8. The van der Waals surface area contributed by atoms with Crippen LogP contribution in [0.15, 0.2) is 36.5 Å². The van der Waals surface area contributed by atoms with Gasteiger partial charge in [0.05, 0.1) is 17.8 Å². The number of methoxy groups -OCH3 is 1. The van der Waals surface area contributed by atoms with Gasteiger partial charge in [0.15, 0.2) is 0 Å². The molecule has 0 spiro atoms. The van der Waals surface area contributed by atoms with Crippen molar-refractivity contribution in [2.24, 2.45) is 5.92 Å². The van der Waals surface area contributed by atoms with Crippen LogP contribution in [0.5, 0.6) is 0 Å². The quantitative estimate of drug-likeness (QED) is 0.571. The van der Waals surface area contributed by atoms with Gasteiger partial charge in [-0.25, -0.2) is 4.79 Å². The second-order valence-corrected chi connectivity index (χ2v) is 6.36. The summed E-state index contributed by atoms with van der Waals surface area (Å²) in [5, 5.41) is 20.5. The summed E-state index contributed by atoms with van der Waals surface area (Å²) in [4.78, 5) is 11.8. The minimum Gasteiger partial charge on any atom is -0.459 e. The number of cyclic esters (lactones) is 1. The lowest BCUT2D eigenvalue weighted by molar-refractivity contribution is -0.144. The van der Waals surface area contributed by atoms with Gasteiger partial charge in [-0.1, -0.05) is 25.7 Å². The Hall–Kier alpha value is -1.43. The van der Waals surface area contributed by atoms with Gasteiger partial charge >= 0.3 is 5.97 Å². The Morgan fingerprint density at radius 3 is 2.61 bits per heavy atom. The van der Waals surface area contributed by atoms with E-state index in [1.54, 1.807) is 6.08 Å². The van der Waals surface area contributed by atoms with E-state index in [0.29, 0.717) is 18.4 Å². The fraction of sp³-hybridized carbons (Fsp3) is 0.611. The predicted molar refractivity (Wildman–Crippen MR) is 88.8 cm³/mol. The second kappa shape index (κ2) is 8.43. The third-order valence-electron chi connectivity index (χ3n) is 4.21. The average Bonchev–Trinajstić information content (AvgIpc) is 2.49. The molecule has 1 rings (SSSR count). The first-order valence-corrected chi connectivity index (χ1v) is 7.87. The van der Waals surface area contributed by atoms with Crippen molar-refractivity contribution in [3.05, 3.63) is 36.5 Å². The van der Waals surface area contributed by atoms with Gasteiger partial charge in [-0.15, -0.1) is 0 Å². The molecule has 0 aromatic carbocycles. The summed E-state index contributed by atoms with van der Waals surface area (Å²) >= 11 is 0. The molecule has 5 nitrogen and oxygen atoms in total. The fourth-order valence-electron chi connectivity index (χ4n) is 2.30. The number of hydrogen-bond acceptors (Lipinski definition) is 5. The van der Waals surface area contributed by atoms with Gasteiger partial charge < -0.3 is 19.7 Å². The Morgan fingerprint density at radius 2 is 2.00 bits per heavy atom. The van der Waals surface area contributed by atoms with Crippen molar-refractivity contribution in [2.45, 2.75) is 57.5 Å². The van der Waals surface area contributed by atoms with Crippen LogP contribution in [0.1, 0.15) is 33.6 Å². The van der Waals surface area contributed by atoms with E-state index in [4.69, 9.17) is 9.47 Å².